The van der Waals surface area contributed by atoms with Gasteiger partial charge in [0, 0.05) is 33.1 Å². The molecule has 3 amide bonds. The molecule has 9 nitrogen and oxygen atoms in total. The molecule has 0 saturated carbocycles. The second kappa shape index (κ2) is 13.7. The fourth-order valence-corrected chi connectivity index (χ4v) is 4.10. The van der Waals surface area contributed by atoms with Crippen LogP contribution >= 0.6 is 0 Å². The Morgan fingerprint density at radius 3 is 2.49 bits per heavy atom. The largest absolute Gasteiger partial charge is 0.492 e. The molecule has 200 valence electrons. The Hall–Kier alpha value is -3.50. The molecule has 10 heteroatoms. The van der Waals surface area contributed by atoms with Crippen molar-refractivity contribution in [3.63, 3.8) is 0 Å². The molecule has 2 aromatic rings. The first-order valence-electron chi connectivity index (χ1n) is 12.5. The highest BCUT2D eigenvalue weighted by Gasteiger charge is 2.30. The lowest BCUT2D eigenvalue weighted by Crippen LogP contribution is -2.57. The Bertz CT molecular complexity index is 1070. The third-order valence-corrected chi connectivity index (χ3v) is 6.47. The van der Waals surface area contributed by atoms with Gasteiger partial charge in [0.25, 0.3) is 0 Å². The van der Waals surface area contributed by atoms with E-state index in [4.69, 9.17) is 10.5 Å². The van der Waals surface area contributed by atoms with Crippen molar-refractivity contribution in [3.05, 3.63) is 65.5 Å². The molecule has 0 radical (unpaired) electrons. The number of nitrogens with two attached hydrogens (primary N) is 1. The van der Waals surface area contributed by atoms with E-state index in [1.165, 1.54) is 24.1 Å². The molecule has 2 aromatic carbocycles. The minimum atomic E-state index is -0.901. The van der Waals surface area contributed by atoms with Crippen molar-refractivity contribution in [2.75, 3.05) is 33.3 Å². The van der Waals surface area contributed by atoms with Gasteiger partial charge in [0.05, 0.1) is 6.04 Å². The predicted octanol–water partition coefficient (Wildman–Crippen LogP) is 0.758. The standard InChI is InChI=1S/C27H36FN5O4/c1-18-25(34)32-22(16-19-9-11-21(28)12-10-19)26(35)31-13-5-7-20-6-3-4-8-24(20)37-15-14-30-23(17-29)27(36)33(18)2/h3-4,6,8-12,18,22-23,30H,5,7,13-17,29H2,1-2H3,(H,31,35)(H,32,34)/t18-,22-,23+/m1/s1. The minimum Gasteiger partial charge on any atom is -0.492 e. The minimum absolute atomic E-state index is 0.0453. The van der Waals surface area contributed by atoms with Crippen LogP contribution in [0.4, 0.5) is 4.39 Å². The van der Waals surface area contributed by atoms with Crippen molar-refractivity contribution >= 4 is 17.7 Å². The molecule has 0 fully saturated rings. The molecule has 0 bridgehead atoms. The lowest BCUT2D eigenvalue weighted by Gasteiger charge is -2.29. The summed E-state index contributed by atoms with van der Waals surface area (Å²) in [6, 6.07) is 11.0. The quantitative estimate of drug-likeness (QED) is 0.480. The Kier molecular flexibility index (Phi) is 10.4. The fourth-order valence-electron chi connectivity index (χ4n) is 4.10. The van der Waals surface area contributed by atoms with Crippen LogP contribution in [0.3, 0.4) is 0 Å². The van der Waals surface area contributed by atoms with Crippen LogP contribution < -0.4 is 26.4 Å². The van der Waals surface area contributed by atoms with Crippen LogP contribution in [0.2, 0.25) is 0 Å². The molecule has 1 heterocycles. The summed E-state index contributed by atoms with van der Waals surface area (Å²) < 4.78 is 19.3. The van der Waals surface area contributed by atoms with Gasteiger partial charge >= 0.3 is 0 Å². The van der Waals surface area contributed by atoms with E-state index in [1.807, 2.05) is 24.3 Å². The number of carbonyl (C=O) groups excluding carboxylic acids is 3. The van der Waals surface area contributed by atoms with Crippen LogP contribution in [-0.2, 0) is 27.2 Å². The first-order valence-corrected chi connectivity index (χ1v) is 12.5. The maximum atomic E-state index is 13.4. The summed E-state index contributed by atoms with van der Waals surface area (Å²) in [5.74, 6) is -0.813. The van der Waals surface area contributed by atoms with Gasteiger partial charge < -0.3 is 31.3 Å². The molecule has 0 aliphatic carbocycles. The molecule has 1 aliphatic rings. The third kappa shape index (κ3) is 7.99. The number of hydrogen-bond donors (Lipinski definition) is 4. The number of fused-ring (bicyclic) bond motifs is 1. The van der Waals surface area contributed by atoms with Gasteiger partial charge in [-0.25, -0.2) is 4.39 Å². The molecule has 5 N–H and O–H groups in total. The van der Waals surface area contributed by atoms with E-state index in [9.17, 15) is 18.8 Å². The average molecular weight is 514 g/mol. The van der Waals surface area contributed by atoms with Gasteiger partial charge in [-0.3, -0.25) is 14.4 Å². The number of rotatable bonds is 3. The van der Waals surface area contributed by atoms with Gasteiger partial charge in [-0.1, -0.05) is 30.3 Å². The third-order valence-electron chi connectivity index (χ3n) is 6.47. The first-order chi connectivity index (χ1) is 17.8. The van der Waals surface area contributed by atoms with Gasteiger partial charge in [-0.2, -0.15) is 0 Å². The smallest absolute Gasteiger partial charge is 0.243 e. The van der Waals surface area contributed by atoms with Crippen LogP contribution in [0, 0.1) is 5.82 Å². The summed E-state index contributed by atoms with van der Waals surface area (Å²) in [6.07, 6.45) is 1.53. The molecule has 0 spiro atoms. The molecule has 0 aromatic heterocycles. The molecular formula is C27H36FN5O4. The number of benzene rings is 2. The Morgan fingerprint density at radius 1 is 1.03 bits per heavy atom. The fraction of sp³-hybridized carbons (Fsp3) is 0.444. The summed E-state index contributed by atoms with van der Waals surface area (Å²) in [4.78, 5) is 40.5. The van der Waals surface area contributed by atoms with Gasteiger partial charge in [-0.05, 0) is 49.1 Å². The molecular weight excluding hydrogens is 477 g/mol. The topological polar surface area (TPSA) is 126 Å². The van der Waals surface area contributed by atoms with E-state index in [-0.39, 0.29) is 30.6 Å². The van der Waals surface area contributed by atoms with E-state index >= 15 is 0 Å². The number of amides is 3. The van der Waals surface area contributed by atoms with Crippen molar-refractivity contribution in [1.82, 2.24) is 20.9 Å². The normalized spacial score (nSPS) is 22.6. The Morgan fingerprint density at radius 2 is 1.76 bits per heavy atom. The maximum Gasteiger partial charge on any atom is 0.243 e. The summed E-state index contributed by atoms with van der Waals surface area (Å²) in [6.45, 7) is 2.76. The van der Waals surface area contributed by atoms with Gasteiger partial charge in [0.1, 0.15) is 30.3 Å². The van der Waals surface area contributed by atoms with Crippen LogP contribution in [-0.4, -0.2) is 74.0 Å². The predicted molar refractivity (Wildman–Crippen MR) is 138 cm³/mol. The van der Waals surface area contributed by atoms with Crippen molar-refractivity contribution < 1.29 is 23.5 Å². The Labute approximate surface area is 216 Å². The zero-order valence-corrected chi connectivity index (χ0v) is 21.3. The highest BCUT2D eigenvalue weighted by atomic mass is 19.1. The first kappa shape index (κ1) is 28.1. The van der Waals surface area contributed by atoms with Crippen molar-refractivity contribution in [2.45, 2.75) is 44.3 Å². The molecule has 0 unspecified atom stereocenters. The summed E-state index contributed by atoms with van der Waals surface area (Å²) in [5.41, 5.74) is 7.54. The number of nitrogens with one attached hydrogen (secondary N) is 3. The van der Waals surface area contributed by atoms with E-state index in [2.05, 4.69) is 16.0 Å². The van der Waals surface area contributed by atoms with Crippen molar-refractivity contribution in [1.29, 1.82) is 0 Å². The summed E-state index contributed by atoms with van der Waals surface area (Å²) in [5, 5.41) is 8.77. The molecule has 3 rings (SSSR count). The maximum absolute atomic E-state index is 13.4. The lowest BCUT2D eigenvalue weighted by molar-refractivity contribution is -0.140. The number of halogens is 1. The monoisotopic (exact) mass is 513 g/mol. The van der Waals surface area contributed by atoms with E-state index in [0.29, 0.717) is 38.1 Å². The lowest BCUT2D eigenvalue weighted by atomic mass is 10.0. The molecule has 1 aliphatic heterocycles. The van der Waals surface area contributed by atoms with E-state index in [0.717, 1.165) is 11.3 Å². The van der Waals surface area contributed by atoms with Crippen LogP contribution in [0.15, 0.2) is 48.5 Å². The number of aryl methyl sites for hydroxylation is 1. The second-order valence-corrected chi connectivity index (χ2v) is 9.11. The number of carbonyl (C=O) groups is 3. The average Bonchev–Trinajstić information content (AvgIpc) is 2.90. The summed E-state index contributed by atoms with van der Waals surface area (Å²) in [7, 11) is 1.52. The van der Waals surface area contributed by atoms with Gasteiger partial charge in [-0.15, -0.1) is 0 Å². The van der Waals surface area contributed by atoms with E-state index < -0.39 is 24.0 Å². The van der Waals surface area contributed by atoms with Crippen LogP contribution in [0.5, 0.6) is 5.75 Å². The highest BCUT2D eigenvalue weighted by Crippen LogP contribution is 2.19. The van der Waals surface area contributed by atoms with E-state index in [1.54, 1.807) is 19.1 Å². The zero-order chi connectivity index (χ0) is 26.8. The molecule has 0 saturated heterocycles. The van der Waals surface area contributed by atoms with Crippen molar-refractivity contribution in [2.24, 2.45) is 5.73 Å². The summed E-state index contributed by atoms with van der Waals surface area (Å²) >= 11 is 0. The van der Waals surface area contributed by atoms with Gasteiger partial charge in [0.2, 0.25) is 17.7 Å². The van der Waals surface area contributed by atoms with Crippen LogP contribution in [0.1, 0.15) is 24.5 Å². The second-order valence-electron chi connectivity index (χ2n) is 9.11. The van der Waals surface area contributed by atoms with Crippen molar-refractivity contribution in [3.8, 4) is 5.75 Å². The van der Waals surface area contributed by atoms with Gasteiger partial charge in [0.15, 0.2) is 0 Å². The number of likely N-dealkylation sites (N-methyl/N-ethyl adjacent to an activating group) is 1. The number of para-hydroxylation sites is 1. The zero-order valence-electron chi connectivity index (χ0n) is 21.3. The number of ether oxygens (including phenoxy) is 1. The number of hydrogen-bond acceptors (Lipinski definition) is 6. The molecule has 37 heavy (non-hydrogen) atoms. The number of nitrogens with zero attached hydrogens (tertiary/aromatic N) is 1. The SMILES string of the molecule is C[C@@H]1C(=O)N[C@H](Cc2ccc(F)cc2)C(=O)NCCCc2ccccc2OCCN[C@@H](CN)C(=O)N1C. The van der Waals surface area contributed by atoms with Crippen LogP contribution in [0.25, 0.3) is 0 Å². The molecule has 3 atom stereocenters. The highest BCUT2D eigenvalue weighted by molar-refractivity contribution is 5.93. The Balaban J connectivity index is 1.82.